The molecule has 1 unspecified atom stereocenters. The molecule has 3 aromatic rings. The van der Waals surface area contributed by atoms with Crippen molar-refractivity contribution >= 4 is 11.0 Å². The maximum atomic E-state index is 5.99. The third-order valence-corrected chi connectivity index (χ3v) is 3.25. The Labute approximate surface area is 116 Å². The number of hydrogen-bond acceptors (Lipinski definition) is 5. The van der Waals surface area contributed by atoms with Gasteiger partial charge in [0, 0.05) is 0 Å². The number of H-pyrrole nitrogens is 1. The molecule has 104 valence electrons. The topological polar surface area (TPSA) is 93.6 Å². The summed E-state index contributed by atoms with van der Waals surface area (Å²) in [6, 6.07) is 7.65. The maximum absolute atomic E-state index is 5.99. The summed E-state index contributed by atoms with van der Waals surface area (Å²) in [6.07, 6.45) is 0.503. The summed E-state index contributed by atoms with van der Waals surface area (Å²) in [7, 11) is 0. The van der Waals surface area contributed by atoms with Crippen LogP contribution in [0, 0.1) is 5.92 Å². The van der Waals surface area contributed by atoms with Crippen LogP contribution in [0.5, 0.6) is 0 Å². The molecule has 20 heavy (non-hydrogen) atoms. The number of rotatable bonds is 4. The molecule has 0 aliphatic carbocycles. The van der Waals surface area contributed by atoms with Crippen LogP contribution in [0.25, 0.3) is 11.0 Å². The molecule has 3 rings (SSSR count). The minimum absolute atomic E-state index is 0.230. The molecule has 0 bridgehead atoms. The van der Waals surface area contributed by atoms with E-state index < -0.39 is 0 Å². The van der Waals surface area contributed by atoms with E-state index in [1.807, 2.05) is 38.1 Å². The highest BCUT2D eigenvalue weighted by atomic mass is 16.5. The van der Waals surface area contributed by atoms with Gasteiger partial charge in [-0.2, -0.15) is 4.98 Å². The van der Waals surface area contributed by atoms with Crippen molar-refractivity contribution in [1.82, 2.24) is 20.1 Å². The fraction of sp³-hybridized carbons (Fsp3) is 0.357. The highest BCUT2D eigenvalue weighted by Gasteiger charge is 2.18. The standard InChI is InChI=1S/C14H17N5O/c1-8(2)13(15)14-18-12(19-20-14)7-11-16-9-5-3-4-6-10(9)17-11/h3-6,8,13H,7,15H2,1-2H3,(H,16,17). The number of para-hydroxylation sites is 2. The molecule has 0 amide bonds. The van der Waals surface area contributed by atoms with Crippen molar-refractivity contribution in [2.24, 2.45) is 11.7 Å². The van der Waals surface area contributed by atoms with Gasteiger partial charge in [-0.1, -0.05) is 31.1 Å². The van der Waals surface area contributed by atoms with E-state index in [0.29, 0.717) is 18.1 Å². The van der Waals surface area contributed by atoms with E-state index in [9.17, 15) is 0 Å². The average Bonchev–Trinajstić information content (AvgIpc) is 3.03. The third kappa shape index (κ3) is 2.42. The minimum Gasteiger partial charge on any atom is -0.342 e. The fourth-order valence-corrected chi connectivity index (χ4v) is 2.00. The lowest BCUT2D eigenvalue weighted by atomic mass is 10.1. The van der Waals surface area contributed by atoms with Crippen LogP contribution in [0.2, 0.25) is 0 Å². The molecular formula is C14H17N5O. The van der Waals surface area contributed by atoms with Gasteiger partial charge >= 0.3 is 0 Å². The first-order valence-corrected chi connectivity index (χ1v) is 6.65. The molecule has 6 heteroatoms. The van der Waals surface area contributed by atoms with Gasteiger partial charge < -0.3 is 15.2 Å². The molecule has 0 fully saturated rings. The van der Waals surface area contributed by atoms with Gasteiger partial charge in [0.2, 0.25) is 5.89 Å². The van der Waals surface area contributed by atoms with Gasteiger partial charge in [0.1, 0.15) is 5.82 Å². The Kier molecular flexibility index (Phi) is 3.23. The smallest absolute Gasteiger partial charge is 0.243 e. The Hall–Kier alpha value is -2.21. The predicted octanol–water partition coefficient (Wildman–Crippen LogP) is 2.19. The largest absolute Gasteiger partial charge is 0.342 e. The summed E-state index contributed by atoms with van der Waals surface area (Å²) in [4.78, 5) is 12.1. The van der Waals surface area contributed by atoms with Crippen molar-refractivity contribution < 1.29 is 4.52 Å². The highest BCUT2D eigenvalue weighted by molar-refractivity contribution is 5.74. The Morgan fingerprint density at radius 2 is 2.05 bits per heavy atom. The Morgan fingerprint density at radius 1 is 1.25 bits per heavy atom. The Morgan fingerprint density at radius 3 is 2.80 bits per heavy atom. The zero-order valence-corrected chi connectivity index (χ0v) is 11.5. The number of fused-ring (bicyclic) bond motifs is 1. The van der Waals surface area contributed by atoms with Gasteiger partial charge in [-0.3, -0.25) is 0 Å². The second-order valence-corrected chi connectivity index (χ2v) is 5.20. The number of nitrogens with two attached hydrogens (primary N) is 1. The number of nitrogens with zero attached hydrogens (tertiary/aromatic N) is 3. The van der Waals surface area contributed by atoms with Crippen LogP contribution < -0.4 is 5.73 Å². The van der Waals surface area contributed by atoms with Gasteiger partial charge in [-0.05, 0) is 18.1 Å². The summed E-state index contributed by atoms with van der Waals surface area (Å²) in [5.74, 6) is 2.15. The van der Waals surface area contributed by atoms with Crippen LogP contribution in [0.15, 0.2) is 28.8 Å². The number of aromatic nitrogens is 4. The van der Waals surface area contributed by atoms with Crippen molar-refractivity contribution in [1.29, 1.82) is 0 Å². The Bertz CT molecular complexity index is 682. The number of hydrogen-bond donors (Lipinski definition) is 2. The van der Waals surface area contributed by atoms with Crippen LogP contribution in [-0.2, 0) is 6.42 Å². The van der Waals surface area contributed by atoms with Crippen LogP contribution in [-0.4, -0.2) is 20.1 Å². The van der Waals surface area contributed by atoms with E-state index in [1.165, 1.54) is 0 Å². The van der Waals surface area contributed by atoms with Crippen molar-refractivity contribution in [2.45, 2.75) is 26.3 Å². The van der Waals surface area contributed by atoms with Crippen molar-refractivity contribution in [3.8, 4) is 0 Å². The number of nitrogens with one attached hydrogen (secondary N) is 1. The van der Waals surface area contributed by atoms with E-state index in [0.717, 1.165) is 16.9 Å². The third-order valence-electron chi connectivity index (χ3n) is 3.25. The number of imidazole rings is 1. The number of benzene rings is 1. The minimum atomic E-state index is -0.230. The molecule has 0 saturated heterocycles. The molecular weight excluding hydrogens is 254 g/mol. The van der Waals surface area contributed by atoms with Crippen LogP contribution in [0.4, 0.5) is 0 Å². The van der Waals surface area contributed by atoms with Crippen molar-refractivity contribution in [3.63, 3.8) is 0 Å². The van der Waals surface area contributed by atoms with Crippen LogP contribution in [0.1, 0.15) is 37.4 Å². The van der Waals surface area contributed by atoms with Crippen molar-refractivity contribution in [3.05, 3.63) is 41.8 Å². The Balaban J connectivity index is 1.81. The second kappa shape index (κ2) is 5.05. The molecule has 1 atom stereocenters. The fourth-order valence-electron chi connectivity index (χ4n) is 2.00. The molecule has 0 saturated carbocycles. The molecule has 3 N–H and O–H groups in total. The monoisotopic (exact) mass is 271 g/mol. The highest BCUT2D eigenvalue weighted by Crippen LogP contribution is 2.18. The normalized spacial score (nSPS) is 13.2. The number of aromatic amines is 1. The molecule has 0 aliphatic rings. The van der Waals surface area contributed by atoms with E-state index in [1.54, 1.807) is 0 Å². The first-order chi connectivity index (χ1) is 9.63. The van der Waals surface area contributed by atoms with Gasteiger partial charge in [-0.25, -0.2) is 4.98 Å². The molecule has 2 aromatic heterocycles. The zero-order valence-electron chi connectivity index (χ0n) is 11.5. The molecule has 1 aromatic carbocycles. The average molecular weight is 271 g/mol. The zero-order chi connectivity index (χ0) is 14.1. The summed E-state index contributed by atoms with van der Waals surface area (Å²) >= 11 is 0. The van der Waals surface area contributed by atoms with Gasteiger partial charge in [0.25, 0.3) is 0 Å². The van der Waals surface area contributed by atoms with Gasteiger partial charge in [0.05, 0.1) is 23.5 Å². The van der Waals surface area contributed by atoms with Crippen LogP contribution in [0.3, 0.4) is 0 Å². The van der Waals surface area contributed by atoms with Gasteiger partial charge in [0.15, 0.2) is 5.82 Å². The maximum Gasteiger partial charge on any atom is 0.243 e. The first-order valence-electron chi connectivity index (χ1n) is 6.65. The summed E-state index contributed by atoms with van der Waals surface area (Å²) < 4.78 is 5.21. The van der Waals surface area contributed by atoms with E-state index in [-0.39, 0.29) is 12.0 Å². The lowest BCUT2D eigenvalue weighted by Crippen LogP contribution is -2.17. The van der Waals surface area contributed by atoms with Crippen molar-refractivity contribution in [2.75, 3.05) is 0 Å². The van der Waals surface area contributed by atoms with E-state index >= 15 is 0 Å². The summed E-state index contributed by atoms with van der Waals surface area (Å²) in [5, 5.41) is 3.96. The van der Waals surface area contributed by atoms with Crippen LogP contribution >= 0.6 is 0 Å². The molecule has 0 radical (unpaired) electrons. The first kappa shape index (κ1) is 12.8. The molecule has 0 aliphatic heterocycles. The molecule has 2 heterocycles. The lowest BCUT2D eigenvalue weighted by molar-refractivity contribution is 0.322. The lowest BCUT2D eigenvalue weighted by Gasteiger charge is -2.09. The predicted molar refractivity (Wildman–Crippen MR) is 75.0 cm³/mol. The van der Waals surface area contributed by atoms with Gasteiger partial charge in [-0.15, -0.1) is 0 Å². The van der Waals surface area contributed by atoms with E-state index in [4.69, 9.17) is 10.3 Å². The summed E-state index contributed by atoms with van der Waals surface area (Å²) in [6.45, 7) is 4.04. The molecule has 0 spiro atoms. The SMILES string of the molecule is CC(C)C(N)c1nc(Cc2nc3ccccc3[nH]2)no1. The quantitative estimate of drug-likeness (QED) is 0.758. The van der Waals surface area contributed by atoms with E-state index in [2.05, 4.69) is 20.1 Å². The second-order valence-electron chi connectivity index (χ2n) is 5.20. The summed E-state index contributed by atoms with van der Waals surface area (Å²) in [5.41, 5.74) is 7.93. The molecule has 6 nitrogen and oxygen atoms in total.